The van der Waals surface area contributed by atoms with Crippen molar-refractivity contribution in [2.24, 2.45) is 0 Å². The fourth-order valence-electron chi connectivity index (χ4n) is 3.90. The first-order chi connectivity index (χ1) is 17.0. The Bertz CT molecular complexity index is 964. The average molecular weight is 575 g/mol. The van der Waals surface area contributed by atoms with Gasteiger partial charge in [-0.3, -0.25) is 19.2 Å². The van der Waals surface area contributed by atoms with Crippen LogP contribution in [0, 0.1) is 0 Å². The maximum atomic E-state index is 12.1. The number of methoxy groups -OCH3 is 1. The van der Waals surface area contributed by atoms with Gasteiger partial charge in [-0.15, -0.1) is 0 Å². The zero-order chi connectivity index (χ0) is 27.0. The van der Waals surface area contributed by atoms with Crippen molar-refractivity contribution in [1.82, 2.24) is 0 Å². The Labute approximate surface area is 217 Å². The highest BCUT2D eigenvalue weighted by molar-refractivity contribution is 9.08. The predicted octanol–water partition coefficient (Wildman–Crippen LogP) is 2.79. The molecule has 0 saturated carbocycles. The van der Waals surface area contributed by atoms with Gasteiger partial charge in [-0.2, -0.15) is 0 Å². The zero-order valence-electron chi connectivity index (χ0n) is 21.0. The van der Waals surface area contributed by atoms with Crippen molar-refractivity contribution in [2.75, 3.05) is 20.3 Å². The molecule has 1 saturated heterocycles. The Balaban J connectivity index is 2.76. The van der Waals surface area contributed by atoms with Crippen molar-refractivity contribution in [3.63, 3.8) is 0 Å². The topological polar surface area (TPSA) is 133 Å². The van der Waals surface area contributed by atoms with Crippen LogP contribution in [-0.4, -0.2) is 68.6 Å². The molecular weight excluding hydrogens is 544 g/mol. The summed E-state index contributed by atoms with van der Waals surface area (Å²) in [6, 6.07) is 3.54. The quantitative estimate of drug-likeness (QED) is 0.232. The maximum absolute atomic E-state index is 12.1. The van der Waals surface area contributed by atoms with E-state index in [2.05, 4.69) is 15.9 Å². The number of halogens is 1. The number of rotatable bonds is 10. The molecule has 0 radical (unpaired) electrons. The second-order valence-corrected chi connectivity index (χ2v) is 8.46. The van der Waals surface area contributed by atoms with Gasteiger partial charge in [0, 0.05) is 38.6 Å². The minimum atomic E-state index is -1.29. The summed E-state index contributed by atoms with van der Waals surface area (Å²) < 4.78 is 39.4. The Hall–Kier alpha value is -2.86. The number of alkyl halides is 1. The van der Waals surface area contributed by atoms with E-state index in [1.54, 1.807) is 19.1 Å². The molecule has 1 heterocycles. The molecule has 0 spiro atoms. The molecule has 1 aliphatic rings. The van der Waals surface area contributed by atoms with Gasteiger partial charge < -0.3 is 33.2 Å². The highest BCUT2D eigenvalue weighted by atomic mass is 79.9. The summed E-state index contributed by atoms with van der Waals surface area (Å²) in [7, 11) is 1.48. The molecule has 200 valence electrons. The lowest BCUT2D eigenvalue weighted by molar-refractivity contribution is -0.254. The van der Waals surface area contributed by atoms with Crippen molar-refractivity contribution >= 4 is 39.8 Å². The van der Waals surface area contributed by atoms with Crippen molar-refractivity contribution in [1.29, 1.82) is 0 Å². The molecule has 1 aromatic carbocycles. The third-order valence-corrected chi connectivity index (χ3v) is 5.75. The van der Waals surface area contributed by atoms with Crippen LogP contribution in [-0.2, 0) is 48.2 Å². The van der Waals surface area contributed by atoms with Crippen LogP contribution in [0.3, 0.4) is 0 Å². The largest absolute Gasteiger partial charge is 0.493 e. The Kier molecular flexibility index (Phi) is 11.0. The lowest BCUT2D eigenvalue weighted by Crippen LogP contribution is -2.59. The number of esters is 4. The molecule has 1 aromatic rings. The average Bonchev–Trinajstić information content (AvgIpc) is 2.79. The van der Waals surface area contributed by atoms with E-state index in [9.17, 15) is 19.2 Å². The lowest BCUT2D eigenvalue weighted by Gasteiger charge is -2.45. The number of hydrogen-bond donors (Lipinski definition) is 0. The van der Waals surface area contributed by atoms with Crippen LogP contribution in [0.15, 0.2) is 12.1 Å². The molecule has 12 heteroatoms. The van der Waals surface area contributed by atoms with Crippen LogP contribution in [0.5, 0.6) is 11.5 Å². The molecule has 1 aliphatic heterocycles. The van der Waals surface area contributed by atoms with Crippen molar-refractivity contribution in [2.45, 2.75) is 70.5 Å². The van der Waals surface area contributed by atoms with Gasteiger partial charge in [0.2, 0.25) is 0 Å². The van der Waals surface area contributed by atoms with Gasteiger partial charge in [0.15, 0.2) is 29.8 Å². The summed E-state index contributed by atoms with van der Waals surface area (Å²) in [5, 5.41) is 0.452. The fourth-order valence-corrected chi connectivity index (χ4v) is 4.22. The van der Waals surface area contributed by atoms with E-state index >= 15 is 0 Å². The van der Waals surface area contributed by atoms with Crippen LogP contribution >= 0.6 is 15.9 Å². The number of carbonyl (C=O) groups is 4. The third kappa shape index (κ3) is 7.57. The molecule has 0 bridgehead atoms. The van der Waals surface area contributed by atoms with Gasteiger partial charge in [0.1, 0.15) is 18.8 Å². The Morgan fingerprint density at radius 3 is 1.97 bits per heavy atom. The highest BCUT2D eigenvalue weighted by Gasteiger charge is 2.53. The minimum Gasteiger partial charge on any atom is -0.493 e. The second-order valence-electron chi connectivity index (χ2n) is 7.90. The van der Waals surface area contributed by atoms with Gasteiger partial charge in [0.25, 0.3) is 0 Å². The van der Waals surface area contributed by atoms with Gasteiger partial charge in [0.05, 0.1) is 13.7 Å². The molecule has 2 rings (SSSR count). The molecule has 0 N–H and O–H groups in total. The summed E-state index contributed by atoms with van der Waals surface area (Å²) in [4.78, 5) is 47.7. The number of ether oxygens (including phenoxy) is 7. The lowest BCUT2D eigenvalue weighted by atomic mass is 9.89. The van der Waals surface area contributed by atoms with E-state index in [0.717, 1.165) is 12.5 Å². The number of carbonyl (C=O) groups excluding carboxylic acids is 4. The maximum Gasteiger partial charge on any atom is 0.303 e. The van der Waals surface area contributed by atoms with Gasteiger partial charge in [-0.05, 0) is 24.6 Å². The van der Waals surface area contributed by atoms with Crippen molar-refractivity contribution in [3.05, 3.63) is 23.3 Å². The van der Waals surface area contributed by atoms with E-state index in [4.69, 9.17) is 33.2 Å². The summed E-state index contributed by atoms with van der Waals surface area (Å²) in [6.07, 6.45) is -5.95. The van der Waals surface area contributed by atoms with Crippen molar-refractivity contribution in [3.8, 4) is 11.5 Å². The van der Waals surface area contributed by atoms with E-state index in [1.807, 2.05) is 0 Å². The second kappa shape index (κ2) is 13.4. The summed E-state index contributed by atoms with van der Waals surface area (Å²) in [5.74, 6) is -1.97. The molecule has 0 aliphatic carbocycles. The number of benzene rings is 1. The first-order valence-corrected chi connectivity index (χ1v) is 12.3. The predicted molar refractivity (Wildman–Crippen MR) is 128 cm³/mol. The van der Waals surface area contributed by atoms with Crippen LogP contribution in [0.2, 0.25) is 0 Å². The van der Waals surface area contributed by atoms with E-state index in [-0.39, 0.29) is 13.2 Å². The Morgan fingerprint density at radius 1 is 0.889 bits per heavy atom. The molecule has 0 aromatic heterocycles. The summed E-state index contributed by atoms with van der Waals surface area (Å²) in [6.45, 7) is 6.47. The number of hydrogen-bond acceptors (Lipinski definition) is 11. The van der Waals surface area contributed by atoms with Gasteiger partial charge >= 0.3 is 23.9 Å². The van der Waals surface area contributed by atoms with E-state index < -0.39 is 54.4 Å². The molecule has 11 nitrogen and oxygen atoms in total. The molecule has 0 unspecified atom stereocenters. The summed E-state index contributed by atoms with van der Waals surface area (Å²) >= 11 is 3.43. The molecule has 5 atom stereocenters. The first-order valence-electron chi connectivity index (χ1n) is 11.2. The van der Waals surface area contributed by atoms with E-state index in [1.165, 1.54) is 27.9 Å². The van der Waals surface area contributed by atoms with Gasteiger partial charge in [-0.1, -0.05) is 15.9 Å². The van der Waals surface area contributed by atoms with Crippen LogP contribution in [0.1, 0.15) is 51.8 Å². The Morgan fingerprint density at radius 2 is 1.47 bits per heavy atom. The molecule has 0 amide bonds. The standard InChI is InChI=1S/C24H31BrO11/c1-7-31-20-17(8-16(10-25)9-18(20)30-6)21-23(34-14(4)28)24(35-15(5)29)22(33-13(3)27)19(36-21)11-32-12(2)26/h8-9,19,21-24H,7,10-11H2,1-6H3/t19-,21+,22-,23+,24+/m1/s1. The van der Waals surface area contributed by atoms with Crippen molar-refractivity contribution < 1.29 is 52.3 Å². The normalized spacial score (nSPS) is 23.2. The van der Waals surface area contributed by atoms with Gasteiger partial charge in [-0.25, -0.2) is 0 Å². The van der Waals surface area contributed by atoms with Crippen LogP contribution in [0.4, 0.5) is 0 Å². The first kappa shape index (κ1) is 29.4. The summed E-state index contributed by atoms with van der Waals surface area (Å²) in [5.41, 5.74) is 1.22. The highest BCUT2D eigenvalue weighted by Crippen LogP contribution is 2.45. The fraction of sp³-hybridized carbons (Fsp3) is 0.583. The minimum absolute atomic E-state index is 0.280. The molecular formula is C24H31BrO11. The smallest absolute Gasteiger partial charge is 0.303 e. The molecule has 36 heavy (non-hydrogen) atoms. The SMILES string of the molecule is CCOc1c(OC)cc(CBr)cc1[C@@H]1O[C@H](COC(C)=O)[C@@H](OC(C)=O)[C@H](OC(C)=O)[C@H]1OC(C)=O. The van der Waals surface area contributed by atoms with Crippen LogP contribution in [0.25, 0.3) is 0 Å². The van der Waals surface area contributed by atoms with E-state index in [0.29, 0.717) is 22.4 Å². The monoisotopic (exact) mass is 574 g/mol. The van der Waals surface area contributed by atoms with Crippen LogP contribution < -0.4 is 9.47 Å². The molecule has 1 fully saturated rings. The third-order valence-electron chi connectivity index (χ3n) is 5.10. The zero-order valence-corrected chi connectivity index (χ0v) is 22.6.